The summed E-state index contributed by atoms with van der Waals surface area (Å²) in [4.78, 5) is 0. The van der Waals surface area contributed by atoms with Crippen LogP contribution in [-0.4, -0.2) is 20.3 Å². The Kier molecular flexibility index (Phi) is 5.51. The number of nitrogens with one attached hydrogen (secondary N) is 1. The molecule has 0 radical (unpaired) electrons. The summed E-state index contributed by atoms with van der Waals surface area (Å²) < 4.78 is 10.9. The van der Waals surface area contributed by atoms with Crippen LogP contribution in [0.2, 0.25) is 0 Å². The smallest absolute Gasteiger partial charge is 0.123 e. The normalized spacial score (nSPS) is 26.6. The minimum absolute atomic E-state index is 0.262. The Bertz CT molecular complexity index is 461. The molecule has 1 aliphatic carbocycles. The van der Waals surface area contributed by atoms with Crippen molar-refractivity contribution in [3.05, 3.63) is 23.8 Å². The van der Waals surface area contributed by atoms with E-state index in [0.29, 0.717) is 6.04 Å². The monoisotopic (exact) mass is 291 g/mol. The zero-order valence-electron chi connectivity index (χ0n) is 14.0. The fourth-order valence-electron chi connectivity index (χ4n) is 3.65. The lowest BCUT2D eigenvalue weighted by Gasteiger charge is -2.26. The Morgan fingerprint density at radius 3 is 2.57 bits per heavy atom. The number of benzene rings is 1. The van der Waals surface area contributed by atoms with Crippen LogP contribution in [0.25, 0.3) is 0 Å². The van der Waals surface area contributed by atoms with E-state index in [1.54, 1.807) is 14.2 Å². The highest BCUT2D eigenvalue weighted by Crippen LogP contribution is 2.36. The van der Waals surface area contributed by atoms with Crippen LogP contribution in [0.1, 0.15) is 51.6 Å². The van der Waals surface area contributed by atoms with Gasteiger partial charge in [-0.05, 0) is 49.8 Å². The van der Waals surface area contributed by atoms with Crippen LogP contribution >= 0.6 is 0 Å². The average molecular weight is 291 g/mol. The molecular weight excluding hydrogens is 262 g/mol. The van der Waals surface area contributed by atoms with Crippen LogP contribution < -0.4 is 14.8 Å². The first-order chi connectivity index (χ1) is 10.1. The van der Waals surface area contributed by atoms with E-state index in [9.17, 15) is 0 Å². The van der Waals surface area contributed by atoms with Crippen molar-refractivity contribution in [3.63, 3.8) is 0 Å². The highest BCUT2D eigenvalue weighted by atomic mass is 16.5. The maximum atomic E-state index is 5.50. The van der Waals surface area contributed by atoms with E-state index in [4.69, 9.17) is 9.47 Å². The Morgan fingerprint density at radius 2 is 2.00 bits per heavy atom. The second kappa shape index (κ2) is 7.17. The summed E-state index contributed by atoms with van der Waals surface area (Å²) in [6, 6.07) is 6.87. The summed E-state index contributed by atoms with van der Waals surface area (Å²) in [5.74, 6) is 3.41. The third kappa shape index (κ3) is 3.52. The summed E-state index contributed by atoms with van der Waals surface area (Å²) >= 11 is 0. The van der Waals surface area contributed by atoms with Gasteiger partial charge in [0.15, 0.2) is 0 Å². The van der Waals surface area contributed by atoms with Crippen molar-refractivity contribution in [2.45, 2.75) is 52.1 Å². The molecule has 0 amide bonds. The summed E-state index contributed by atoms with van der Waals surface area (Å²) in [6.45, 7) is 6.90. The first-order valence-electron chi connectivity index (χ1n) is 8.08. The summed E-state index contributed by atoms with van der Waals surface area (Å²) in [6.07, 6.45) is 3.91. The summed E-state index contributed by atoms with van der Waals surface area (Å²) in [5, 5.41) is 3.80. The fraction of sp³-hybridized carbons (Fsp3) is 0.667. The predicted molar refractivity (Wildman–Crippen MR) is 87.1 cm³/mol. The van der Waals surface area contributed by atoms with Gasteiger partial charge in [-0.25, -0.2) is 0 Å². The number of rotatable bonds is 6. The third-order valence-electron chi connectivity index (χ3n) is 5.12. The van der Waals surface area contributed by atoms with Gasteiger partial charge in [-0.15, -0.1) is 0 Å². The third-order valence-corrected chi connectivity index (χ3v) is 5.12. The van der Waals surface area contributed by atoms with Gasteiger partial charge in [0, 0.05) is 17.6 Å². The highest BCUT2D eigenvalue weighted by Gasteiger charge is 2.32. The molecule has 0 saturated heterocycles. The van der Waals surface area contributed by atoms with Crippen LogP contribution in [0.15, 0.2) is 18.2 Å². The summed E-state index contributed by atoms with van der Waals surface area (Å²) in [7, 11) is 3.43. The van der Waals surface area contributed by atoms with E-state index in [1.807, 2.05) is 12.1 Å². The number of hydrogen-bond donors (Lipinski definition) is 1. The van der Waals surface area contributed by atoms with Crippen molar-refractivity contribution < 1.29 is 9.47 Å². The first kappa shape index (κ1) is 16.2. The minimum Gasteiger partial charge on any atom is -0.497 e. The van der Waals surface area contributed by atoms with Crippen LogP contribution in [0, 0.1) is 11.8 Å². The van der Waals surface area contributed by atoms with Crippen LogP contribution in [-0.2, 0) is 0 Å². The molecule has 1 fully saturated rings. The van der Waals surface area contributed by atoms with Crippen molar-refractivity contribution >= 4 is 0 Å². The highest BCUT2D eigenvalue weighted by molar-refractivity contribution is 5.42. The van der Waals surface area contributed by atoms with Crippen molar-refractivity contribution in [2.75, 3.05) is 14.2 Å². The van der Waals surface area contributed by atoms with E-state index in [0.717, 1.165) is 23.3 Å². The molecule has 4 atom stereocenters. The van der Waals surface area contributed by atoms with Crippen molar-refractivity contribution in [2.24, 2.45) is 11.8 Å². The first-order valence-corrected chi connectivity index (χ1v) is 8.08. The summed E-state index contributed by atoms with van der Waals surface area (Å²) in [5.41, 5.74) is 1.17. The Hall–Kier alpha value is -1.22. The van der Waals surface area contributed by atoms with E-state index < -0.39 is 0 Å². The topological polar surface area (TPSA) is 30.5 Å². The molecule has 3 heteroatoms. The lowest BCUT2D eigenvalue weighted by molar-refractivity contribution is 0.322. The molecule has 1 aliphatic rings. The van der Waals surface area contributed by atoms with Crippen molar-refractivity contribution in [1.29, 1.82) is 0 Å². The minimum atomic E-state index is 0.262. The number of ether oxygens (including phenoxy) is 2. The van der Waals surface area contributed by atoms with Crippen molar-refractivity contribution in [3.8, 4) is 11.5 Å². The second-order valence-electron chi connectivity index (χ2n) is 6.21. The molecule has 21 heavy (non-hydrogen) atoms. The molecule has 4 unspecified atom stereocenters. The average Bonchev–Trinajstić information content (AvgIpc) is 2.86. The molecule has 1 N–H and O–H groups in total. The molecule has 118 valence electrons. The molecule has 2 rings (SSSR count). The van der Waals surface area contributed by atoms with Crippen LogP contribution in [0.4, 0.5) is 0 Å². The fourth-order valence-corrected chi connectivity index (χ4v) is 3.65. The Morgan fingerprint density at radius 1 is 1.24 bits per heavy atom. The van der Waals surface area contributed by atoms with Gasteiger partial charge in [-0.1, -0.05) is 20.3 Å². The van der Waals surface area contributed by atoms with Gasteiger partial charge in [0.1, 0.15) is 11.5 Å². The van der Waals surface area contributed by atoms with Gasteiger partial charge < -0.3 is 14.8 Å². The lowest BCUT2D eigenvalue weighted by atomic mass is 9.93. The van der Waals surface area contributed by atoms with Gasteiger partial charge in [0.2, 0.25) is 0 Å². The van der Waals surface area contributed by atoms with Gasteiger partial charge >= 0.3 is 0 Å². The van der Waals surface area contributed by atoms with E-state index in [-0.39, 0.29) is 6.04 Å². The molecule has 3 nitrogen and oxygen atoms in total. The maximum absolute atomic E-state index is 5.50. The van der Waals surface area contributed by atoms with E-state index in [1.165, 1.54) is 24.8 Å². The molecule has 0 aliphatic heterocycles. The number of methoxy groups -OCH3 is 2. The molecular formula is C18H29NO2. The Labute approximate surface area is 129 Å². The van der Waals surface area contributed by atoms with Crippen molar-refractivity contribution in [1.82, 2.24) is 5.32 Å². The standard InChI is InChI=1S/C18H29NO2/c1-6-14-7-9-17(12(14)2)19-13(3)16-11-15(20-4)8-10-18(16)21-5/h8,10-14,17,19H,6-7,9H2,1-5H3. The van der Waals surface area contributed by atoms with Gasteiger partial charge in [-0.2, -0.15) is 0 Å². The van der Waals surface area contributed by atoms with E-state index >= 15 is 0 Å². The quantitative estimate of drug-likeness (QED) is 0.853. The van der Waals surface area contributed by atoms with Gasteiger partial charge in [0.05, 0.1) is 14.2 Å². The molecule has 1 saturated carbocycles. The second-order valence-corrected chi connectivity index (χ2v) is 6.21. The zero-order chi connectivity index (χ0) is 15.4. The largest absolute Gasteiger partial charge is 0.497 e. The molecule has 0 spiro atoms. The molecule has 1 aromatic rings. The number of hydrogen-bond acceptors (Lipinski definition) is 3. The van der Waals surface area contributed by atoms with Crippen LogP contribution in [0.5, 0.6) is 11.5 Å². The maximum Gasteiger partial charge on any atom is 0.123 e. The zero-order valence-corrected chi connectivity index (χ0v) is 14.0. The van der Waals surface area contributed by atoms with Gasteiger partial charge in [0.25, 0.3) is 0 Å². The van der Waals surface area contributed by atoms with Crippen LogP contribution in [0.3, 0.4) is 0 Å². The molecule has 0 heterocycles. The lowest BCUT2D eigenvalue weighted by Crippen LogP contribution is -2.34. The predicted octanol–water partition coefficient (Wildman–Crippen LogP) is 4.18. The molecule has 1 aromatic carbocycles. The SMILES string of the molecule is CCC1CCC(NC(C)c2cc(OC)ccc2OC)C1C. The van der Waals surface area contributed by atoms with E-state index in [2.05, 4.69) is 32.2 Å². The Balaban J connectivity index is 2.11. The van der Waals surface area contributed by atoms with Gasteiger partial charge in [-0.3, -0.25) is 0 Å². The molecule has 0 bridgehead atoms. The molecule has 0 aromatic heterocycles.